The second kappa shape index (κ2) is 4.80. The fourth-order valence-corrected chi connectivity index (χ4v) is 1.66. The number of aromatic nitrogens is 2. The van der Waals surface area contributed by atoms with Gasteiger partial charge in [-0.15, -0.1) is 0 Å². The first-order chi connectivity index (χ1) is 8.18. The zero-order chi connectivity index (χ0) is 12.3. The molecule has 0 bridgehead atoms. The first-order valence-corrected chi connectivity index (χ1v) is 5.23. The summed E-state index contributed by atoms with van der Waals surface area (Å²) in [6.45, 7) is 0. The highest BCUT2D eigenvalue weighted by Crippen LogP contribution is 2.15. The zero-order valence-electron chi connectivity index (χ0n) is 9.15. The van der Waals surface area contributed by atoms with Crippen LogP contribution in [-0.2, 0) is 11.2 Å². The van der Waals surface area contributed by atoms with Crippen molar-refractivity contribution in [2.75, 3.05) is 0 Å². The van der Waals surface area contributed by atoms with E-state index < -0.39 is 12.0 Å². The Morgan fingerprint density at radius 1 is 1.47 bits per heavy atom. The Kier molecular flexibility index (Phi) is 3.20. The summed E-state index contributed by atoms with van der Waals surface area (Å²) in [6, 6.07) is 6.65. The summed E-state index contributed by atoms with van der Waals surface area (Å²) in [5.41, 5.74) is 7.34. The molecule has 0 aliphatic rings. The SMILES string of the molecule is NC(Cc1ccccc1-n1ccnc1)C(=O)O. The maximum Gasteiger partial charge on any atom is 0.320 e. The van der Waals surface area contributed by atoms with Crippen molar-refractivity contribution in [3.63, 3.8) is 0 Å². The predicted octanol–water partition coefficient (Wildman–Crippen LogP) is 0.827. The fourth-order valence-electron chi connectivity index (χ4n) is 1.66. The molecular formula is C12H13N3O2. The Balaban J connectivity index is 2.32. The van der Waals surface area contributed by atoms with Gasteiger partial charge in [0.15, 0.2) is 0 Å². The van der Waals surface area contributed by atoms with E-state index in [1.807, 2.05) is 35.0 Å². The molecule has 0 fully saturated rings. The van der Waals surface area contributed by atoms with Crippen LogP contribution in [0.25, 0.3) is 5.69 Å². The number of carboxylic acid groups (broad SMARTS) is 1. The molecule has 3 N–H and O–H groups in total. The molecule has 0 saturated carbocycles. The highest BCUT2D eigenvalue weighted by atomic mass is 16.4. The van der Waals surface area contributed by atoms with Gasteiger partial charge in [-0.05, 0) is 11.6 Å². The van der Waals surface area contributed by atoms with Gasteiger partial charge in [-0.1, -0.05) is 18.2 Å². The fraction of sp³-hybridized carbons (Fsp3) is 0.167. The minimum absolute atomic E-state index is 0.295. The molecule has 88 valence electrons. The number of para-hydroxylation sites is 1. The van der Waals surface area contributed by atoms with E-state index in [2.05, 4.69) is 4.98 Å². The lowest BCUT2D eigenvalue weighted by molar-refractivity contribution is -0.138. The van der Waals surface area contributed by atoms with Crippen molar-refractivity contribution in [1.29, 1.82) is 0 Å². The molecule has 1 heterocycles. The molecule has 0 saturated heterocycles. The molecule has 1 aromatic carbocycles. The van der Waals surface area contributed by atoms with Crippen LogP contribution < -0.4 is 5.73 Å². The summed E-state index contributed by atoms with van der Waals surface area (Å²) in [7, 11) is 0. The average Bonchev–Trinajstić information content (AvgIpc) is 2.83. The van der Waals surface area contributed by atoms with Gasteiger partial charge in [0, 0.05) is 24.5 Å². The van der Waals surface area contributed by atoms with E-state index in [0.717, 1.165) is 11.3 Å². The van der Waals surface area contributed by atoms with Crippen LogP contribution in [0, 0.1) is 0 Å². The van der Waals surface area contributed by atoms with Crippen molar-refractivity contribution in [2.45, 2.75) is 12.5 Å². The molecule has 17 heavy (non-hydrogen) atoms. The van der Waals surface area contributed by atoms with E-state index in [1.54, 1.807) is 12.5 Å². The number of benzene rings is 1. The molecule has 5 heteroatoms. The van der Waals surface area contributed by atoms with Crippen LogP contribution in [0.15, 0.2) is 43.0 Å². The van der Waals surface area contributed by atoms with Crippen molar-refractivity contribution < 1.29 is 9.90 Å². The van der Waals surface area contributed by atoms with Gasteiger partial charge in [0.2, 0.25) is 0 Å². The van der Waals surface area contributed by atoms with Crippen LogP contribution in [0.4, 0.5) is 0 Å². The van der Waals surface area contributed by atoms with Crippen molar-refractivity contribution in [3.05, 3.63) is 48.5 Å². The highest BCUT2D eigenvalue weighted by Gasteiger charge is 2.14. The van der Waals surface area contributed by atoms with Crippen LogP contribution in [0.1, 0.15) is 5.56 Å². The van der Waals surface area contributed by atoms with Crippen LogP contribution in [0.3, 0.4) is 0 Å². The Morgan fingerprint density at radius 2 is 2.24 bits per heavy atom. The van der Waals surface area contributed by atoms with Crippen molar-refractivity contribution in [2.24, 2.45) is 5.73 Å². The second-order valence-corrected chi connectivity index (χ2v) is 3.75. The molecule has 0 spiro atoms. The Morgan fingerprint density at radius 3 is 2.88 bits per heavy atom. The quantitative estimate of drug-likeness (QED) is 0.816. The summed E-state index contributed by atoms with van der Waals surface area (Å²) >= 11 is 0. The Hall–Kier alpha value is -2.14. The molecule has 2 rings (SSSR count). The van der Waals surface area contributed by atoms with Crippen LogP contribution >= 0.6 is 0 Å². The van der Waals surface area contributed by atoms with Crippen molar-refractivity contribution >= 4 is 5.97 Å². The van der Waals surface area contributed by atoms with Gasteiger partial charge in [0.25, 0.3) is 0 Å². The molecule has 0 aliphatic heterocycles. The van der Waals surface area contributed by atoms with E-state index in [-0.39, 0.29) is 0 Å². The first kappa shape index (κ1) is 11.3. The molecule has 1 aromatic heterocycles. The van der Waals surface area contributed by atoms with E-state index in [0.29, 0.717) is 6.42 Å². The maximum absolute atomic E-state index is 10.8. The largest absolute Gasteiger partial charge is 0.480 e. The number of rotatable bonds is 4. The van der Waals surface area contributed by atoms with E-state index in [4.69, 9.17) is 10.8 Å². The van der Waals surface area contributed by atoms with E-state index in [9.17, 15) is 4.79 Å². The topological polar surface area (TPSA) is 81.1 Å². The molecule has 5 nitrogen and oxygen atoms in total. The number of carboxylic acids is 1. The zero-order valence-corrected chi connectivity index (χ0v) is 9.15. The Bertz CT molecular complexity index is 508. The van der Waals surface area contributed by atoms with Crippen molar-refractivity contribution in [1.82, 2.24) is 9.55 Å². The minimum Gasteiger partial charge on any atom is -0.480 e. The van der Waals surface area contributed by atoms with Gasteiger partial charge in [-0.25, -0.2) is 4.98 Å². The lowest BCUT2D eigenvalue weighted by Crippen LogP contribution is -2.32. The maximum atomic E-state index is 10.8. The van der Waals surface area contributed by atoms with Crippen LogP contribution in [0.5, 0.6) is 0 Å². The molecule has 1 unspecified atom stereocenters. The molecular weight excluding hydrogens is 218 g/mol. The third-order valence-corrected chi connectivity index (χ3v) is 2.53. The van der Waals surface area contributed by atoms with Gasteiger partial charge < -0.3 is 15.4 Å². The van der Waals surface area contributed by atoms with Gasteiger partial charge >= 0.3 is 5.97 Å². The molecule has 0 amide bonds. The number of hydrogen-bond donors (Lipinski definition) is 2. The standard InChI is InChI=1S/C12H13N3O2/c13-10(12(16)17)7-9-3-1-2-4-11(9)15-6-5-14-8-15/h1-6,8,10H,7,13H2,(H,16,17). The number of hydrogen-bond acceptors (Lipinski definition) is 3. The number of nitrogens with two attached hydrogens (primary N) is 1. The summed E-state index contributed by atoms with van der Waals surface area (Å²) < 4.78 is 1.84. The molecule has 2 aromatic rings. The third-order valence-electron chi connectivity index (χ3n) is 2.53. The lowest BCUT2D eigenvalue weighted by Gasteiger charge is -2.12. The summed E-state index contributed by atoms with van der Waals surface area (Å²) in [5, 5.41) is 8.82. The van der Waals surface area contributed by atoms with Gasteiger partial charge in [-0.3, -0.25) is 4.79 Å². The minimum atomic E-state index is -0.995. The smallest absolute Gasteiger partial charge is 0.320 e. The van der Waals surface area contributed by atoms with Crippen LogP contribution in [0.2, 0.25) is 0 Å². The molecule has 1 atom stereocenters. The molecule has 0 aliphatic carbocycles. The van der Waals surface area contributed by atoms with Crippen LogP contribution in [-0.4, -0.2) is 26.7 Å². The summed E-state index contributed by atoms with van der Waals surface area (Å²) in [6.07, 6.45) is 5.45. The molecule has 0 radical (unpaired) electrons. The first-order valence-electron chi connectivity index (χ1n) is 5.23. The lowest BCUT2D eigenvalue weighted by atomic mass is 10.0. The van der Waals surface area contributed by atoms with Gasteiger partial charge in [0.05, 0.1) is 6.33 Å². The number of nitrogens with zero attached hydrogens (tertiary/aromatic N) is 2. The third kappa shape index (κ3) is 2.51. The van der Waals surface area contributed by atoms with Gasteiger partial charge in [0.1, 0.15) is 6.04 Å². The monoisotopic (exact) mass is 231 g/mol. The average molecular weight is 231 g/mol. The Labute approximate surface area is 98.5 Å². The predicted molar refractivity (Wildman–Crippen MR) is 62.9 cm³/mol. The van der Waals surface area contributed by atoms with Crippen molar-refractivity contribution in [3.8, 4) is 5.69 Å². The highest BCUT2D eigenvalue weighted by molar-refractivity contribution is 5.73. The number of imidazole rings is 1. The number of aliphatic carboxylic acids is 1. The second-order valence-electron chi connectivity index (χ2n) is 3.75. The van der Waals surface area contributed by atoms with E-state index >= 15 is 0 Å². The van der Waals surface area contributed by atoms with E-state index in [1.165, 1.54) is 0 Å². The summed E-state index contributed by atoms with van der Waals surface area (Å²) in [4.78, 5) is 14.7. The number of carbonyl (C=O) groups is 1. The normalized spacial score (nSPS) is 12.3. The van der Waals surface area contributed by atoms with Gasteiger partial charge in [-0.2, -0.15) is 0 Å². The summed E-state index contributed by atoms with van der Waals surface area (Å²) in [5.74, 6) is -0.995.